The van der Waals surface area contributed by atoms with Crippen molar-refractivity contribution in [3.63, 3.8) is 0 Å². The van der Waals surface area contributed by atoms with Gasteiger partial charge in [0.05, 0.1) is 5.02 Å². The van der Waals surface area contributed by atoms with Gasteiger partial charge in [0.15, 0.2) is 6.61 Å². The highest BCUT2D eigenvalue weighted by atomic mass is 35.5. The van der Waals surface area contributed by atoms with Crippen LogP contribution in [-0.4, -0.2) is 35.4 Å². The molecule has 1 atom stereocenters. The molecule has 33 heavy (non-hydrogen) atoms. The maximum absolute atomic E-state index is 13.3. The van der Waals surface area contributed by atoms with Crippen molar-refractivity contribution in [1.82, 2.24) is 10.2 Å². The third kappa shape index (κ3) is 7.53. The SMILES string of the molecule is CCC(C(=O)NC1CCCCC1)N(Cc1ccc(Cl)cc1)C(=O)COc1ccc(Cl)cc1Cl. The molecule has 8 heteroatoms. The van der Waals surface area contributed by atoms with Crippen molar-refractivity contribution >= 4 is 46.6 Å². The number of hydrogen-bond acceptors (Lipinski definition) is 3. The van der Waals surface area contributed by atoms with Crippen molar-refractivity contribution in [3.05, 3.63) is 63.1 Å². The monoisotopic (exact) mass is 510 g/mol. The van der Waals surface area contributed by atoms with Crippen LogP contribution in [0, 0.1) is 0 Å². The van der Waals surface area contributed by atoms with Gasteiger partial charge < -0.3 is 15.0 Å². The average Bonchev–Trinajstić information content (AvgIpc) is 2.80. The summed E-state index contributed by atoms with van der Waals surface area (Å²) in [6.07, 6.45) is 5.88. The van der Waals surface area contributed by atoms with Gasteiger partial charge in [0.25, 0.3) is 5.91 Å². The zero-order chi connectivity index (χ0) is 23.8. The topological polar surface area (TPSA) is 58.6 Å². The third-order valence-electron chi connectivity index (χ3n) is 5.85. The van der Waals surface area contributed by atoms with Gasteiger partial charge in [-0.2, -0.15) is 0 Å². The lowest BCUT2D eigenvalue weighted by atomic mass is 9.95. The van der Waals surface area contributed by atoms with Gasteiger partial charge in [-0.1, -0.05) is 73.1 Å². The molecule has 1 N–H and O–H groups in total. The number of rotatable bonds is 9. The number of nitrogens with one attached hydrogen (secondary N) is 1. The number of benzene rings is 2. The molecular formula is C25H29Cl3N2O3. The quantitative estimate of drug-likeness (QED) is 0.431. The Labute approximate surface area is 210 Å². The molecule has 0 radical (unpaired) electrons. The summed E-state index contributed by atoms with van der Waals surface area (Å²) in [7, 11) is 0. The van der Waals surface area contributed by atoms with Crippen LogP contribution in [0.15, 0.2) is 42.5 Å². The van der Waals surface area contributed by atoms with Gasteiger partial charge in [-0.05, 0) is 55.2 Å². The minimum atomic E-state index is -0.612. The second kappa shape index (κ2) is 12.5. The Hall–Kier alpha value is -1.95. The molecule has 0 heterocycles. The van der Waals surface area contributed by atoms with Crippen molar-refractivity contribution < 1.29 is 14.3 Å². The predicted octanol–water partition coefficient (Wildman–Crippen LogP) is 6.28. The molecule has 1 aliphatic carbocycles. The molecule has 1 aliphatic rings. The lowest BCUT2D eigenvalue weighted by Crippen LogP contribution is -2.52. The number of carbonyl (C=O) groups is 2. The number of hydrogen-bond donors (Lipinski definition) is 1. The fourth-order valence-electron chi connectivity index (χ4n) is 4.06. The second-order valence-corrected chi connectivity index (χ2v) is 9.56. The molecule has 5 nitrogen and oxygen atoms in total. The van der Waals surface area contributed by atoms with Gasteiger partial charge in [-0.3, -0.25) is 9.59 Å². The second-order valence-electron chi connectivity index (χ2n) is 8.28. The minimum absolute atomic E-state index is 0.128. The van der Waals surface area contributed by atoms with Gasteiger partial charge in [0.1, 0.15) is 11.8 Å². The van der Waals surface area contributed by atoms with Crippen molar-refractivity contribution in [2.75, 3.05) is 6.61 Å². The Bertz CT molecular complexity index is 946. The minimum Gasteiger partial charge on any atom is -0.482 e. The van der Waals surface area contributed by atoms with Gasteiger partial charge in [-0.15, -0.1) is 0 Å². The summed E-state index contributed by atoms with van der Waals surface area (Å²) in [5.74, 6) is -0.0709. The van der Waals surface area contributed by atoms with E-state index >= 15 is 0 Å². The van der Waals surface area contributed by atoms with E-state index in [9.17, 15) is 9.59 Å². The molecule has 0 spiro atoms. The van der Waals surface area contributed by atoms with E-state index < -0.39 is 6.04 Å². The number of nitrogens with zero attached hydrogens (tertiary/aromatic N) is 1. The van der Waals surface area contributed by atoms with Crippen molar-refractivity contribution in [3.8, 4) is 5.75 Å². The summed E-state index contributed by atoms with van der Waals surface area (Å²) in [5.41, 5.74) is 0.876. The maximum Gasteiger partial charge on any atom is 0.261 e. The van der Waals surface area contributed by atoms with Crippen LogP contribution in [0.25, 0.3) is 0 Å². The van der Waals surface area contributed by atoms with E-state index in [2.05, 4.69) is 5.32 Å². The first kappa shape index (κ1) is 25.7. The first-order valence-electron chi connectivity index (χ1n) is 11.3. The number of amides is 2. The molecule has 0 aromatic heterocycles. The van der Waals surface area contributed by atoms with Crippen LogP contribution >= 0.6 is 34.8 Å². The molecule has 178 valence electrons. The summed E-state index contributed by atoms with van der Waals surface area (Å²) >= 11 is 18.1. The van der Waals surface area contributed by atoms with E-state index in [1.165, 1.54) is 6.42 Å². The van der Waals surface area contributed by atoms with Crippen LogP contribution < -0.4 is 10.1 Å². The van der Waals surface area contributed by atoms with Crippen LogP contribution in [0.3, 0.4) is 0 Å². The summed E-state index contributed by atoms with van der Waals surface area (Å²) in [6, 6.07) is 11.6. The Morgan fingerprint density at radius 3 is 2.33 bits per heavy atom. The van der Waals surface area contributed by atoms with E-state index in [-0.39, 0.29) is 31.0 Å². The number of ether oxygens (including phenoxy) is 1. The fourth-order valence-corrected chi connectivity index (χ4v) is 4.65. The summed E-state index contributed by atoms with van der Waals surface area (Å²) in [6.45, 7) is 1.93. The number of halogens is 3. The van der Waals surface area contributed by atoms with Crippen LogP contribution in [0.2, 0.25) is 15.1 Å². The van der Waals surface area contributed by atoms with Crippen LogP contribution in [0.4, 0.5) is 0 Å². The maximum atomic E-state index is 13.3. The normalized spacial score (nSPS) is 15.0. The standard InChI is InChI=1S/C25H29Cl3N2O3/c1-2-22(25(32)29-20-6-4-3-5-7-20)30(15-17-8-10-18(26)11-9-17)24(31)16-33-23-13-12-19(27)14-21(23)28/h8-14,20,22H,2-7,15-16H2,1H3,(H,29,32). The Morgan fingerprint density at radius 2 is 1.70 bits per heavy atom. The zero-order valence-electron chi connectivity index (χ0n) is 18.7. The molecule has 1 unspecified atom stereocenters. The van der Waals surface area contributed by atoms with Crippen molar-refractivity contribution in [1.29, 1.82) is 0 Å². The smallest absolute Gasteiger partial charge is 0.261 e. The lowest BCUT2D eigenvalue weighted by molar-refractivity contribution is -0.143. The van der Waals surface area contributed by atoms with E-state index in [0.717, 1.165) is 31.2 Å². The highest BCUT2D eigenvalue weighted by Crippen LogP contribution is 2.28. The summed E-state index contributed by atoms with van der Waals surface area (Å²) in [5, 5.41) is 4.57. The molecule has 1 fully saturated rings. The Kier molecular flexibility index (Phi) is 9.72. The Morgan fingerprint density at radius 1 is 1.03 bits per heavy atom. The predicted molar refractivity (Wildman–Crippen MR) is 133 cm³/mol. The van der Waals surface area contributed by atoms with Crippen LogP contribution in [0.5, 0.6) is 5.75 Å². The molecule has 0 bridgehead atoms. The van der Waals surface area contributed by atoms with Crippen LogP contribution in [-0.2, 0) is 16.1 Å². The van der Waals surface area contributed by atoms with Gasteiger partial charge in [-0.25, -0.2) is 0 Å². The molecule has 2 amide bonds. The van der Waals surface area contributed by atoms with Gasteiger partial charge >= 0.3 is 0 Å². The highest BCUT2D eigenvalue weighted by molar-refractivity contribution is 6.35. The summed E-state index contributed by atoms with van der Waals surface area (Å²) < 4.78 is 5.68. The van der Waals surface area contributed by atoms with Gasteiger partial charge in [0, 0.05) is 22.6 Å². The molecule has 3 rings (SSSR count). The fraction of sp³-hybridized carbons (Fsp3) is 0.440. The molecule has 2 aromatic carbocycles. The first-order valence-corrected chi connectivity index (χ1v) is 12.4. The largest absolute Gasteiger partial charge is 0.482 e. The number of carbonyl (C=O) groups excluding carboxylic acids is 2. The highest BCUT2D eigenvalue weighted by Gasteiger charge is 2.30. The van der Waals surface area contributed by atoms with Crippen LogP contribution in [0.1, 0.15) is 51.0 Å². The third-order valence-corrected chi connectivity index (χ3v) is 6.63. The molecule has 0 aliphatic heterocycles. The molecule has 0 saturated heterocycles. The average molecular weight is 512 g/mol. The first-order chi connectivity index (χ1) is 15.9. The van der Waals surface area contributed by atoms with Gasteiger partial charge in [0.2, 0.25) is 5.91 Å². The van der Waals surface area contributed by atoms with Crippen molar-refractivity contribution in [2.24, 2.45) is 0 Å². The van der Waals surface area contributed by atoms with E-state index in [1.807, 2.05) is 19.1 Å². The zero-order valence-corrected chi connectivity index (χ0v) is 20.9. The van der Waals surface area contributed by atoms with E-state index in [0.29, 0.717) is 27.2 Å². The summed E-state index contributed by atoms with van der Waals surface area (Å²) in [4.78, 5) is 28.1. The van der Waals surface area contributed by atoms with Crippen molar-refractivity contribution in [2.45, 2.75) is 64.1 Å². The van der Waals surface area contributed by atoms with E-state index in [1.54, 1.807) is 35.2 Å². The Balaban J connectivity index is 1.76. The lowest BCUT2D eigenvalue weighted by Gasteiger charge is -2.32. The van der Waals surface area contributed by atoms with E-state index in [4.69, 9.17) is 39.5 Å². The molecule has 2 aromatic rings. The molecule has 1 saturated carbocycles. The molecular weight excluding hydrogens is 483 g/mol.